The minimum absolute atomic E-state index is 0.252. The summed E-state index contributed by atoms with van der Waals surface area (Å²) < 4.78 is 4.41. The Kier molecular flexibility index (Phi) is 6.05. The molecule has 10 nitrogen and oxygen atoms in total. The number of hydrogen-bond donors (Lipinski definition) is 0. The van der Waals surface area contributed by atoms with Crippen LogP contribution in [0.5, 0.6) is 0 Å². The van der Waals surface area contributed by atoms with E-state index in [2.05, 4.69) is 14.8 Å². The monoisotopic (exact) mass is 417 g/mol. The third-order valence-electron chi connectivity index (χ3n) is 6.34. The van der Waals surface area contributed by atoms with E-state index in [1.165, 1.54) is 9.13 Å². The molecule has 2 saturated heterocycles. The summed E-state index contributed by atoms with van der Waals surface area (Å²) in [7, 11) is 3.41. The molecule has 0 saturated carbocycles. The molecule has 30 heavy (non-hydrogen) atoms. The largest absolute Gasteiger partial charge is 0.342 e. The van der Waals surface area contributed by atoms with Gasteiger partial charge in [-0.05, 0) is 25.8 Å². The van der Waals surface area contributed by atoms with Crippen LogP contribution in [0.1, 0.15) is 19.3 Å². The summed E-state index contributed by atoms with van der Waals surface area (Å²) in [5, 5.41) is 0. The SMILES string of the molecule is Cn1cnc2c1c(=O)n(CCCN1CCN(CC(=O)N3CCCC3)CC1)c(=O)n2C. The number of nitrogens with zero attached hydrogens (tertiary/aromatic N) is 7. The Labute approximate surface area is 175 Å². The van der Waals surface area contributed by atoms with Crippen LogP contribution < -0.4 is 11.2 Å². The van der Waals surface area contributed by atoms with E-state index in [1.807, 2.05) is 4.90 Å². The van der Waals surface area contributed by atoms with E-state index >= 15 is 0 Å². The lowest BCUT2D eigenvalue weighted by atomic mass is 10.2. The first-order valence-corrected chi connectivity index (χ1v) is 10.8. The molecular formula is C20H31N7O3. The van der Waals surface area contributed by atoms with E-state index in [9.17, 15) is 14.4 Å². The van der Waals surface area contributed by atoms with Crippen LogP contribution in [0.25, 0.3) is 11.2 Å². The molecule has 0 aliphatic carbocycles. The van der Waals surface area contributed by atoms with Crippen molar-refractivity contribution in [3.8, 4) is 0 Å². The summed E-state index contributed by atoms with van der Waals surface area (Å²) >= 11 is 0. The molecule has 2 aromatic heterocycles. The molecule has 2 aromatic rings. The van der Waals surface area contributed by atoms with Gasteiger partial charge in [-0.1, -0.05) is 0 Å². The normalized spacial score (nSPS) is 18.5. The van der Waals surface area contributed by atoms with Crippen LogP contribution in [-0.4, -0.2) is 91.7 Å². The maximum atomic E-state index is 12.8. The van der Waals surface area contributed by atoms with Crippen molar-refractivity contribution < 1.29 is 4.79 Å². The van der Waals surface area contributed by atoms with Crippen molar-refractivity contribution in [1.29, 1.82) is 0 Å². The fourth-order valence-corrected chi connectivity index (χ4v) is 4.47. The molecule has 0 radical (unpaired) electrons. The van der Waals surface area contributed by atoms with Crippen LogP contribution in [0.15, 0.2) is 15.9 Å². The predicted octanol–water partition coefficient (Wildman–Crippen LogP) is -0.936. The molecule has 1 amide bonds. The number of hydrogen-bond acceptors (Lipinski definition) is 6. The summed E-state index contributed by atoms with van der Waals surface area (Å²) in [6, 6.07) is 0. The molecule has 2 aliphatic heterocycles. The highest BCUT2D eigenvalue weighted by Crippen LogP contribution is 2.10. The van der Waals surface area contributed by atoms with Gasteiger partial charge in [-0.2, -0.15) is 0 Å². The zero-order valence-electron chi connectivity index (χ0n) is 17.9. The summed E-state index contributed by atoms with van der Waals surface area (Å²) in [5.41, 5.74) is 0.270. The molecule has 164 valence electrons. The van der Waals surface area contributed by atoms with Crippen LogP contribution in [0.2, 0.25) is 0 Å². The zero-order valence-corrected chi connectivity index (χ0v) is 17.9. The predicted molar refractivity (Wildman–Crippen MR) is 114 cm³/mol. The number of likely N-dealkylation sites (tertiary alicyclic amines) is 1. The highest BCUT2D eigenvalue weighted by atomic mass is 16.2. The van der Waals surface area contributed by atoms with E-state index in [1.54, 1.807) is 25.0 Å². The average Bonchev–Trinajstić information content (AvgIpc) is 3.40. The second-order valence-electron chi connectivity index (χ2n) is 8.39. The van der Waals surface area contributed by atoms with Crippen molar-refractivity contribution in [2.75, 3.05) is 52.4 Å². The van der Waals surface area contributed by atoms with Gasteiger partial charge in [0, 0.05) is 59.9 Å². The third-order valence-corrected chi connectivity index (χ3v) is 6.34. The van der Waals surface area contributed by atoms with Crippen LogP contribution in [0, 0.1) is 0 Å². The molecule has 0 aromatic carbocycles. The Morgan fingerprint density at radius 3 is 2.33 bits per heavy atom. The van der Waals surface area contributed by atoms with E-state index in [0.29, 0.717) is 24.3 Å². The lowest BCUT2D eigenvalue weighted by molar-refractivity contribution is -0.131. The number of piperazine rings is 1. The molecular weight excluding hydrogens is 386 g/mol. The van der Waals surface area contributed by atoms with Crippen molar-refractivity contribution in [3.05, 3.63) is 27.2 Å². The van der Waals surface area contributed by atoms with Gasteiger partial charge in [0.25, 0.3) is 5.56 Å². The van der Waals surface area contributed by atoms with Gasteiger partial charge in [-0.3, -0.25) is 23.6 Å². The quantitative estimate of drug-likeness (QED) is 0.603. The van der Waals surface area contributed by atoms with E-state index < -0.39 is 0 Å². The summed E-state index contributed by atoms with van der Waals surface area (Å²) in [5.74, 6) is 0.252. The second-order valence-corrected chi connectivity index (χ2v) is 8.39. The Hall–Kier alpha value is -2.46. The fourth-order valence-electron chi connectivity index (χ4n) is 4.47. The van der Waals surface area contributed by atoms with Gasteiger partial charge in [0.1, 0.15) is 0 Å². The van der Waals surface area contributed by atoms with Crippen LogP contribution >= 0.6 is 0 Å². The second kappa shape index (κ2) is 8.73. The lowest BCUT2D eigenvalue weighted by Gasteiger charge is -2.35. The van der Waals surface area contributed by atoms with Crippen molar-refractivity contribution >= 4 is 17.1 Å². The molecule has 0 atom stereocenters. The van der Waals surface area contributed by atoms with Crippen LogP contribution in [0.3, 0.4) is 0 Å². The smallest absolute Gasteiger partial charge is 0.332 e. The minimum Gasteiger partial charge on any atom is -0.342 e. The summed E-state index contributed by atoms with van der Waals surface area (Å²) in [6.07, 6.45) is 4.54. The molecule has 0 N–H and O–H groups in total. The molecule has 2 aliphatic rings. The number of carbonyl (C=O) groups is 1. The molecule has 0 bridgehead atoms. The Bertz CT molecular complexity index is 1020. The molecule has 4 heterocycles. The van der Waals surface area contributed by atoms with Gasteiger partial charge in [0.15, 0.2) is 11.2 Å². The lowest BCUT2D eigenvalue weighted by Crippen LogP contribution is -2.50. The molecule has 4 rings (SSSR count). The van der Waals surface area contributed by atoms with Gasteiger partial charge in [-0.15, -0.1) is 0 Å². The molecule has 0 spiro atoms. The van der Waals surface area contributed by atoms with Crippen molar-refractivity contribution in [1.82, 2.24) is 33.4 Å². The van der Waals surface area contributed by atoms with Crippen molar-refractivity contribution in [3.63, 3.8) is 0 Å². The van der Waals surface area contributed by atoms with Gasteiger partial charge in [0.2, 0.25) is 5.91 Å². The highest BCUT2D eigenvalue weighted by molar-refractivity contribution is 5.78. The van der Waals surface area contributed by atoms with Crippen molar-refractivity contribution in [2.24, 2.45) is 14.1 Å². The standard InChI is InChI=1S/C20H31N7O3/c1-22-15-21-18-17(22)19(29)27(20(30)23(18)2)9-5-6-24-10-12-25(13-11-24)14-16(28)26-7-3-4-8-26/h15H,3-14H2,1-2H3. The summed E-state index contributed by atoms with van der Waals surface area (Å²) in [4.78, 5) is 48.3. The Morgan fingerprint density at radius 2 is 1.63 bits per heavy atom. The number of rotatable bonds is 6. The first-order chi connectivity index (χ1) is 14.5. The number of aromatic nitrogens is 4. The maximum Gasteiger partial charge on any atom is 0.332 e. The highest BCUT2D eigenvalue weighted by Gasteiger charge is 2.23. The Morgan fingerprint density at radius 1 is 0.967 bits per heavy atom. The number of aryl methyl sites for hydroxylation is 2. The minimum atomic E-state index is -0.323. The van der Waals surface area contributed by atoms with Gasteiger partial charge >= 0.3 is 5.69 Å². The first kappa shape index (κ1) is 20.8. The van der Waals surface area contributed by atoms with Crippen LogP contribution in [0.4, 0.5) is 0 Å². The average molecular weight is 418 g/mol. The maximum absolute atomic E-state index is 12.8. The van der Waals surface area contributed by atoms with Crippen molar-refractivity contribution in [2.45, 2.75) is 25.8 Å². The van der Waals surface area contributed by atoms with Gasteiger partial charge in [-0.25, -0.2) is 9.78 Å². The molecule has 2 fully saturated rings. The summed E-state index contributed by atoms with van der Waals surface area (Å²) in [6.45, 7) is 7.11. The fraction of sp³-hybridized carbons (Fsp3) is 0.700. The van der Waals surface area contributed by atoms with E-state index in [-0.39, 0.29) is 17.2 Å². The Balaban J connectivity index is 1.29. The third kappa shape index (κ3) is 4.06. The van der Waals surface area contributed by atoms with E-state index in [4.69, 9.17) is 0 Å². The number of imidazole rings is 1. The zero-order chi connectivity index (χ0) is 21.3. The topological polar surface area (TPSA) is 88.6 Å². The number of amides is 1. The van der Waals surface area contributed by atoms with Crippen LogP contribution in [-0.2, 0) is 25.4 Å². The molecule has 0 unspecified atom stereocenters. The first-order valence-electron chi connectivity index (χ1n) is 10.8. The molecule has 10 heteroatoms. The van der Waals surface area contributed by atoms with E-state index in [0.717, 1.165) is 65.1 Å². The van der Waals surface area contributed by atoms with Gasteiger partial charge in [0.05, 0.1) is 12.9 Å². The van der Waals surface area contributed by atoms with Gasteiger partial charge < -0.3 is 14.4 Å². The number of carbonyl (C=O) groups excluding carboxylic acids is 1. The number of fused-ring (bicyclic) bond motifs is 1.